The summed E-state index contributed by atoms with van der Waals surface area (Å²) in [6.45, 7) is 1.85. The second-order valence-electron chi connectivity index (χ2n) is 4.65. The molecule has 88 valence electrons. The van der Waals surface area contributed by atoms with Gasteiger partial charge in [0.1, 0.15) is 0 Å². The molecule has 1 aromatic carbocycles. The van der Waals surface area contributed by atoms with E-state index in [2.05, 4.69) is 34.4 Å². The van der Waals surface area contributed by atoms with Crippen molar-refractivity contribution >= 4 is 0 Å². The van der Waals surface area contributed by atoms with Crippen LogP contribution >= 0.6 is 0 Å². The molecular weight excluding hydrogens is 214 g/mol. The van der Waals surface area contributed by atoms with Crippen molar-refractivity contribution in [2.24, 2.45) is 5.73 Å². The summed E-state index contributed by atoms with van der Waals surface area (Å²) in [5.74, 6) is 1.65. The lowest BCUT2D eigenvalue weighted by atomic mass is 10.1. The second kappa shape index (κ2) is 3.96. The molecule has 1 aliphatic rings. The zero-order valence-corrected chi connectivity index (χ0v) is 9.76. The molecule has 4 nitrogen and oxygen atoms in total. The Morgan fingerprint density at radius 3 is 2.47 bits per heavy atom. The molecule has 1 unspecified atom stereocenters. The first-order chi connectivity index (χ1) is 8.24. The number of nitrogens with two attached hydrogens (primary N) is 1. The van der Waals surface area contributed by atoms with E-state index in [0.29, 0.717) is 11.8 Å². The van der Waals surface area contributed by atoms with Gasteiger partial charge in [-0.05, 0) is 30.9 Å². The summed E-state index contributed by atoms with van der Waals surface area (Å²) in [6.07, 6.45) is 1.99. The summed E-state index contributed by atoms with van der Waals surface area (Å²) < 4.78 is 5.15. The van der Waals surface area contributed by atoms with Crippen molar-refractivity contribution in [3.63, 3.8) is 0 Å². The van der Waals surface area contributed by atoms with Gasteiger partial charge in [-0.3, -0.25) is 0 Å². The quantitative estimate of drug-likeness (QED) is 0.855. The lowest BCUT2D eigenvalue weighted by molar-refractivity contribution is 0.354. The van der Waals surface area contributed by atoms with Crippen LogP contribution in [0.15, 0.2) is 28.8 Å². The van der Waals surface area contributed by atoms with Gasteiger partial charge >= 0.3 is 0 Å². The Labute approximate surface area is 99.8 Å². The predicted octanol–water partition coefficient (Wildman–Crippen LogP) is 1.97. The monoisotopic (exact) mass is 229 g/mol. The van der Waals surface area contributed by atoms with Gasteiger partial charge in [0.2, 0.25) is 5.89 Å². The molecule has 0 saturated heterocycles. The van der Waals surface area contributed by atoms with E-state index in [9.17, 15) is 0 Å². The number of aromatic nitrogens is 2. The third-order valence-electron chi connectivity index (χ3n) is 3.26. The van der Waals surface area contributed by atoms with Gasteiger partial charge < -0.3 is 10.3 Å². The number of rotatable bonds is 2. The number of benzene rings is 1. The maximum atomic E-state index is 5.71. The fourth-order valence-corrected chi connectivity index (χ4v) is 2.34. The van der Waals surface area contributed by atoms with E-state index in [1.807, 2.05) is 6.92 Å². The molecule has 2 aromatic rings. The molecule has 0 amide bonds. The first-order valence-electron chi connectivity index (χ1n) is 5.90. The largest absolute Gasteiger partial charge is 0.338 e. The lowest BCUT2D eigenvalue weighted by Gasteiger charge is -2.00. The topological polar surface area (TPSA) is 64.9 Å². The van der Waals surface area contributed by atoms with E-state index in [0.717, 1.165) is 18.7 Å². The van der Waals surface area contributed by atoms with Gasteiger partial charge in [0, 0.05) is 5.92 Å². The molecule has 0 saturated carbocycles. The minimum absolute atomic E-state index is 0.194. The normalized spacial score (nSPS) is 17.1. The molecule has 0 radical (unpaired) electrons. The van der Waals surface area contributed by atoms with Gasteiger partial charge in [-0.25, -0.2) is 0 Å². The first kappa shape index (κ1) is 10.5. The van der Waals surface area contributed by atoms with E-state index >= 15 is 0 Å². The molecule has 0 fully saturated rings. The van der Waals surface area contributed by atoms with Crippen molar-refractivity contribution in [3.05, 3.63) is 47.1 Å². The van der Waals surface area contributed by atoms with Gasteiger partial charge in [-0.1, -0.05) is 29.4 Å². The van der Waals surface area contributed by atoms with Gasteiger partial charge in [-0.2, -0.15) is 4.98 Å². The van der Waals surface area contributed by atoms with E-state index in [1.165, 1.54) is 11.1 Å². The van der Waals surface area contributed by atoms with Crippen molar-refractivity contribution in [1.29, 1.82) is 0 Å². The Morgan fingerprint density at radius 2 is 1.94 bits per heavy atom. The fourth-order valence-electron chi connectivity index (χ4n) is 2.34. The average Bonchev–Trinajstić information content (AvgIpc) is 2.95. The van der Waals surface area contributed by atoms with E-state index < -0.39 is 0 Å². The molecule has 17 heavy (non-hydrogen) atoms. The highest BCUT2D eigenvalue weighted by Crippen LogP contribution is 2.32. The summed E-state index contributed by atoms with van der Waals surface area (Å²) in [5, 5.41) is 4.04. The van der Waals surface area contributed by atoms with Crippen molar-refractivity contribution in [2.45, 2.75) is 31.7 Å². The van der Waals surface area contributed by atoms with Crippen molar-refractivity contribution in [3.8, 4) is 0 Å². The van der Waals surface area contributed by atoms with Crippen LogP contribution in [0, 0.1) is 0 Å². The highest BCUT2D eigenvalue weighted by Gasteiger charge is 2.26. The smallest absolute Gasteiger partial charge is 0.243 e. The molecule has 0 bridgehead atoms. The summed E-state index contributed by atoms with van der Waals surface area (Å²) in [5.41, 5.74) is 8.50. The zero-order chi connectivity index (χ0) is 11.8. The third-order valence-corrected chi connectivity index (χ3v) is 3.26. The van der Waals surface area contributed by atoms with Crippen molar-refractivity contribution in [1.82, 2.24) is 10.1 Å². The summed E-state index contributed by atoms with van der Waals surface area (Å²) in [7, 11) is 0. The predicted molar refractivity (Wildman–Crippen MR) is 63.5 cm³/mol. The van der Waals surface area contributed by atoms with Crippen LogP contribution in [0.1, 0.15) is 41.7 Å². The van der Waals surface area contributed by atoms with Crippen LogP contribution in [-0.2, 0) is 12.8 Å². The Balaban J connectivity index is 1.84. The Kier molecular flexibility index (Phi) is 2.44. The van der Waals surface area contributed by atoms with E-state index in [1.54, 1.807) is 0 Å². The average molecular weight is 229 g/mol. The summed E-state index contributed by atoms with van der Waals surface area (Å²) in [4.78, 5) is 4.37. The number of hydrogen-bond acceptors (Lipinski definition) is 4. The van der Waals surface area contributed by atoms with E-state index in [4.69, 9.17) is 10.3 Å². The molecule has 3 rings (SSSR count). The summed E-state index contributed by atoms with van der Waals surface area (Å²) in [6, 6.07) is 8.29. The molecule has 1 heterocycles. The molecule has 1 aliphatic carbocycles. The number of fused-ring (bicyclic) bond motifs is 1. The third kappa shape index (κ3) is 1.85. The van der Waals surface area contributed by atoms with Crippen LogP contribution in [-0.4, -0.2) is 10.1 Å². The van der Waals surface area contributed by atoms with Gasteiger partial charge in [0.25, 0.3) is 0 Å². The maximum Gasteiger partial charge on any atom is 0.243 e. The van der Waals surface area contributed by atoms with Crippen LogP contribution in [0.4, 0.5) is 0 Å². The molecule has 1 atom stereocenters. The highest BCUT2D eigenvalue weighted by molar-refractivity contribution is 5.34. The summed E-state index contributed by atoms with van der Waals surface area (Å²) >= 11 is 0. The van der Waals surface area contributed by atoms with Crippen LogP contribution in [0.25, 0.3) is 0 Å². The van der Waals surface area contributed by atoms with E-state index in [-0.39, 0.29) is 6.04 Å². The molecule has 4 heteroatoms. The minimum Gasteiger partial charge on any atom is -0.338 e. The Hall–Kier alpha value is -1.68. The molecule has 0 spiro atoms. The standard InChI is InChI=1S/C13H15N3O/c1-8(14)13-15-12(16-17-13)11-6-9-4-2-3-5-10(9)7-11/h2-5,8,11H,6-7,14H2,1H3. The van der Waals surface area contributed by atoms with Crippen molar-refractivity contribution in [2.75, 3.05) is 0 Å². The van der Waals surface area contributed by atoms with Crippen LogP contribution in [0.2, 0.25) is 0 Å². The molecular formula is C13H15N3O. The molecule has 0 aliphatic heterocycles. The zero-order valence-electron chi connectivity index (χ0n) is 9.76. The lowest BCUT2D eigenvalue weighted by Crippen LogP contribution is -2.06. The van der Waals surface area contributed by atoms with Gasteiger partial charge in [0.15, 0.2) is 5.82 Å². The molecule has 2 N–H and O–H groups in total. The highest BCUT2D eigenvalue weighted by atomic mass is 16.5. The first-order valence-corrected chi connectivity index (χ1v) is 5.90. The van der Waals surface area contributed by atoms with Crippen LogP contribution in [0.3, 0.4) is 0 Å². The minimum atomic E-state index is -0.194. The van der Waals surface area contributed by atoms with Crippen LogP contribution in [0.5, 0.6) is 0 Å². The Bertz CT molecular complexity index is 508. The van der Waals surface area contributed by atoms with Gasteiger partial charge in [0.05, 0.1) is 6.04 Å². The Morgan fingerprint density at radius 1 is 1.29 bits per heavy atom. The number of nitrogens with zero attached hydrogens (tertiary/aromatic N) is 2. The van der Waals surface area contributed by atoms with Crippen molar-refractivity contribution < 1.29 is 4.52 Å². The van der Waals surface area contributed by atoms with Gasteiger partial charge in [-0.15, -0.1) is 0 Å². The van der Waals surface area contributed by atoms with Crippen LogP contribution < -0.4 is 5.73 Å². The maximum absolute atomic E-state index is 5.71. The number of hydrogen-bond donors (Lipinski definition) is 1. The fraction of sp³-hybridized carbons (Fsp3) is 0.385. The SMILES string of the molecule is CC(N)c1nc(C2Cc3ccccc3C2)no1. The second-order valence-corrected chi connectivity index (χ2v) is 4.65. The molecule has 1 aromatic heterocycles.